The molecule has 12 heteroatoms. The molecule has 1 aromatic heterocycles. The Balaban J connectivity index is 2.71. The highest BCUT2D eigenvalue weighted by molar-refractivity contribution is 6.39. The molecule has 0 unspecified atom stereocenters. The van der Waals surface area contributed by atoms with E-state index in [-0.39, 0.29) is 6.54 Å². The molecule has 2 rings (SSSR count). The van der Waals surface area contributed by atoms with Crippen molar-refractivity contribution in [1.29, 1.82) is 0 Å². The molecule has 0 saturated carbocycles. The Labute approximate surface area is 158 Å². The first-order valence-electron chi connectivity index (χ1n) is 6.99. The normalized spacial score (nSPS) is 12.1. The van der Waals surface area contributed by atoms with E-state index in [1.54, 1.807) is 0 Å². The molecular formula is C15H9Cl2F6N3O. The van der Waals surface area contributed by atoms with Crippen molar-refractivity contribution in [2.75, 3.05) is 11.9 Å². The summed E-state index contributed by atoms with van der Waals surface area (Å²) in [4.78, 5) is 11.8. The molecule has 146 valence electrons. The van der Waals surface area contributed by atoms with Crippen molar-refractivity contribution in [2.45, 2.75) is 12.4 Å². The van der Waals surface area contributed by atoms with E-state index < -0.39 is 56.4 Å². The smallest absolute Gasteiger partial charge is 0.365 e. The van der Waals surface area contributed by atoms with Gasteiger partial charge in [-0.2, -0.15) is 31.4 Å². The van der Waals surface area contributed by atoms with E-state index in [2.05, 4.69) is 22.1 Å². The second-order valence-electron chi connectivity index (χ2n) is 5.13. The number of rotatable bonds is 5. The van der Waals surface area contributed by atoms with Crippen LogP contribution < -0.4 is 5.32 Å². The molecule has 2 aromatic rings. The van der Waals surface area contributed by atoms with Crippen LogP contribution in [0.25, 0.3) is 11.3 Å². The zero-order valence-corrected chi connectivity index (χ0v) is 14.5. The quantitative estimate of drug-likeness (QED) is 0.360. The van der Waals surface area contributed by atoms with Crippen molar-refractivity contribution in [3.05, 3.63) is 46.0 Å². The van der Waals surface area contributed by atoms with Crippen molar-refractivity contribution >= 4 is 34.8 Å². The number of benzene rings is 1. The van der Waals surface area contributed by atoms with Gasteiger partial charge in [-0.25, -0.2) is 0 Å². The number of anilines is 1. The Morgan fingerprint density at radius 2 is 1.74 bits per heavy atom. The Hall–Kier alpha value is -2.20. The molecule has 0 aliphatic rings. The summed E-state index contributed by atoms with van der Waals surface area (Å²) in [6, 6.07) is 0.977. The third-order valence-corrected chi connectivity index (χ3v) is 3.88. The number of hydrogen-bond acceptors (Lipinski definition) is 3. The lowest BCUT2D eigenvalue weighted by atomic mass is 10.0. The number of carbonyl (C=O) groups excluding carboxylic acids is 1. The van der Waals surface area contributed by atoms with Crippen LogP contribution in [-0.4, -0.2) is 28.7 Å². The Kier molecular flexibility index (Phi) is 5.81. The standard InChI is InChI=1S/C15H9Cl2F6N3O/c1-2-3-24-13-10(12(27)15(21,22)23)11(25-26-13)9-7(16)4-6(5-8(9)17)14(18,19)20/h2,4-5H,1,3H2,(H2,24,25,26). The van der Waals surface area contributed by atoms with Gasteiger partial charge in [0.05, 0.1) is 26.9 Å². The number of nitrogens with zero attached hydrogens (tertiary/aromatic N) is 1. The Bertz CT molecular complexity index is 866. The molecule has 0 aliphatic carbocycles. The maximum atomic E-state index is 13.0. The van der Waals surface area contributed by atoms with Gasteiger partial charge in [0.2, 0.25) is 0 Å². The lowest BCUT2D eigenvalue weighted by Gasteiger charge is -2.13. The Morgan fingerprint density at radius 1 is 1.19 bits per heavy atom. The summed E-state index contributed by atoms with van der Waals surface area (Å²) < 4.78 is 77.4. The number of ketones is 1. The molecule has 1 aromatic carbocycles. The number of halogens is 8. The summed E-state index contributed by atoms with van der Waals surface area (Å²) in [5.74, 6) is -2.75. The minimum absolute atomic E-state index is 0.0308. The van der Waals surface area contributed by atoms with Crippen LogP contribution >= 0.6 is 23.2 Å². The van der Waals surface area contributed by atoms with Gasteiger partial charge in [-0.15, -0.1) is 6.58 Å². The van der Waals surface area contributed by atoms with Crippen LogP contribution in [0.2, 0.25) is 10.0 Å². The zero-order valence-electron chi connectivity index (χ0n) is 13.0. The van der Waals surface area contributed by atoms with E-state index >= 15 is 0 Å². The highest BCUT2D eigenvalue weighted by Gasteiger charge is 2.44. The second-order valence-corrected chi connectivity index (χ2v) is 5.95. The van der Waals surface area contributed by atoms with E-state index in [0.29, 0.717) is 12.1 Å². The number of alkyl halides is 6. The number of nitrogens with one attached hydrogen (secondary N) is 2. The molecule has 0 bridgehead atoms. The predicted molar refractivity (Wildman–Crippen MR) is 88.1 cm³/mol. The fourth-order valence-electron chi connectivity index (χ4n) is 2.16. The fraction of sp³-hybridized carbons (Fsp3) is 0.200. The second kappa shape index (κ2) is 7.43. The first-order chi connectivity index (χ1) is 12.4. The molecule has 0 atom stereocenters. The topological polar surface area (TPSA) is 57.8 Å². The zero-order chi connectivity index (χ0) is 20.6. The summed E-state index contributed by atoms with van der Waals surface area (Å²) in [7, 11) is 0. The third kappa shape index (κ3) is 4.38. The SMILES string of the molecule is C=CCNc1n[nH]c(-c2c(Cl)cc(C(F)(F)F)cc2Cl)c1C(=O)C(F)(F)F. The average molecular weight is 432 g/mol. The van der Waals surface area contributed by atoms with Gasteiger partial charge in [-0.05, 0) is 12.1 Å². The van der Waals surface area contributed by atoms with E-state index in [1.807, 2.05) is 0 Å². The lowest BCUT2D eigenvalue weighted by Crippen LogP contribution is -2.24. The molecule has 0 saturated heterocycles. The van der Waals surface area contributed by atoms with E-state index in [1.165, 1.54) is 6.08 Å². The molecule has 4 nitrogen and oxygen atoms in total. The van der Waals surface area contributed by atoms with Crippen LogP contribution in [0.15, 0.2) is 24.8 Å². The van der Waals surface area contributed by atoms with Crippen LogP contribution in [0.3, 0.4) is 0 Å². The number of aromatic nitrogens is 2. The van der Waals surface area contributed by atoms with Crippen molar-refractivity contribution in [3.8, 4) is 11.3 Å². The molecular weight excluding hydrogens is 423 g/mol. The highest BCUT2D eigenvalue weighted by Crippen LogP contribution is 2.43. The molecule has 2 N–H and O–H groups in total. The maximum absolute atomic E-state index is 13.0. The van der Waals surface area contributed by atoms with Gasteiger partial charge in [0.15, 0.2) is 5.82 Å². The first kappa shape index (κ1) is 21.1. The largest absolute Gasteiger partial charge is 0.455 e. The third-order valence-electron chi connectivity index (χ3n) is 3.28. The number of Topliss-reactive ketones (excluding diaryl/α,β-unsaturated/α-hetero) is 1. The van der Waals surface area contributed by atoms with Gasteiger partial charge in [0, 0.05) is 12.1 Å². The number of H-pyrrole nitrogens is 1. The van der Waals surface area contributed by atoms with E-state index in [4.69, 9.17) is 23.2 Å². The molecule has 0 spiro atoms. The lowest BCUT2D eigenvalue weighted by molar-refractivity contribution is -0.137. The van der Waals surface area contributed by atoms with Gasteiger partial charge in [-0.1, -0.05) is 29.3 Å². The first-order valence-corrected chi connectivity index (χ1v) is 7.74. The van der Waals surface area contributed by atoms with E-state index in [9.17, 15) is 31.1 Å². The average Bonchev–Trinajstić information content (AvgIpc) is 2.93. The van der Waals surface area contributed by atoms with Gasteiger partial charge < -0.3 is 5.32 Å². The molecule has 0 aliphatic heterocycles. The highest BCUT2D eigenvalue weighted by atomic mass is 35.5. The summed E-state index contributed by atoms with van der Waals surface area (Å²) in [5.41, 5.74) is -3.13. The molecule has 0 radical (unpaired) electrons. The monoisotopic (exact) mass is 431 g/mol. The molecule has 0 amide bonds. The minimum Gasteiger partial charge on any atom is -0.365 e. The molecule has 27 heavy (non-hydrogen) atoms. The van der Waals surface area contributed by atoms with Crippen molar-refractivity contribution in [3.63, 3.8) is 0 Å². The van der Waals surface area contributed by atoms with Crippen LogP contribution in [0.4, 0.5) is 32.2 Å². The van der Waals surface area contributed by atoms with Crippen molar-refractivity contribution < 1.29 is 31.1 Å². The van der Waals surface area contributed by atoms with Gasteiger partial charge in [0.25, 0.3) is 5.78 Å². The molecule has 1 heterocycles. The van der Waals surface area contributed by atoms with Gasteiger partial charge in [0.1, 0.15) is 0 Å². The fourth-order valence-corrected chi connectivity index (χ4v) is 2.83. The summed E-state index contributed by atoms with van der Waals surface area (Å²) in [6.45, 7) is 3.34. The molecule has 0 fully saturated rings. The maximum Gasteiger partial charge on any atom is 0.455 e. The van der Waals surface area contributed by atoms with Crippen LogP contribution in [0.1, 0.15) is 15.9 Å². The van der Waals surface area contributed by atoms with Crippen LogP contribution in [0, 0.1) is 0 Å². The van der Waals surface area contributed by atoms with Crippen LogP contribution in [-0.2, 0) is 6.18 Å². The van der Waals surface area contributed by atoms with Crippen LogP contribution in [0.5, 0.6) is 0 Å². The van der Waals surface area contributed by atoms with Gasteiger partial charge >= 0.3 is 12.4 Å². The van der Waals surface area contributed by atoms with Crippen molar-refractivity contribution in [2.24, 2.45) is 0 Å². The number of hydrogen-bond donors (Lipinski definition) is 2. The number of carbonyl (C=O) groups is 1. The Morgan fingerprint density at radius 3 is 2.19 bits per heavy atom. The van der Waals surface area contributed by atoms with E-state index in [0.717, 1.165) is 0 Å². The predicted octanol–water partition coefficient (Wildman–Crippen LogP) is 5.75. The summed E-state index contributed by atoms with van der Waals surface area (Å²) >= 11 is 11.6. The number of aromatic amines is 1. The summed E-state index contributed by atoms with van der Waals surface area (Å²) in [6.07, 6.45) is -8.75. The van der Waals surface area contributed by atoms with Crippen molar-refractivity contribution in [1.82, 2.24) is 10.2 Å². The summed E-state index contributed by atoms with van der Waals surface area (Å²) in [5, 5.41) is 6.97. The van der Waals surface area contributed by atoms with Gasteiger partial charge in [-0.3, -0.25) is 9.89 Å². The minimum atomic E-state index is -5.27.